The number of fused-ring (bicyclic) bond motifs is 2. The van der Waals surface area contributed by atoms with Crippen LogP contribution in [-0.2, 0) is 4.79 Å². The van der Waals surface area contributed by atoms with Crippen LogP contribution in [0, 0.1) is 13.8 Å². The van der Waals surface area contributed by atoms with Gasteiger partial charge in [-0.25, -0.2) is 0 Å². The topological polar surface area (TPSA) is 64.4 Å². The molecule has 4 aromatic rings. The molecule has 0 aliphatic carbocycles. The van der Waals surface area contributed by atoms with Gasteiger partial charge >= 0.3 is 0 Å². The predicted molar refractivity (Wildman–Crippen MR) is 121 cm³/mol. The Balaban J connectivity index is 1.67. The second kappa shape index (κ2) is 8.03. The second-order valence-electron chi connectivity index (χ2n) is 7.33. The highest BCUT2D eigenvalue weighted by atomic mass is 16.5. The number of aryl methyl sites for hydroxylation is 2. The van der Waals surface area contributed by atoms with Crippen LogP contribution in [0.2, 0.25) is 0 Å². The molecule has 5 heteroatoms. The van der Waals surface area contributed by atoms with Gasteiger partial charge in [0.1, 0.15) is 11.3 Å². The van der Waals surface area contributed by atoms with Gasteiger partial charge in [-0.2, -0.15) is 0 Å². The third kappa shape index (κ3) is 3.66. The Morgan fingerprint density at radius 2 is 2.07 bits per heavy atom. The molecule has 0 bridgehead atoms. The van der Waals surface area contributed by atoms with E-state index in [9.17, 15) is 4.79 Å². The molecule has 5 nitrogen and oxygen atoms in total. The van der Waals surface area contributed by atoms with Crippen LogP contribution in [0.3, 0.4) is 0 Å². The van der Waals surface area contributed by atoms with E-state index in [2.05, 4.69) is 10.3 Å². The fraction of sp³-hybridized carbons (Fsp3) is 0.200. The number of allylic oxidation sites excluding steroid dienone is 1. The van der Waals surface area contributed by atoms with Crippen molar-refractivity contribution in [1.29, 1.82) is 0 Å². The minimum atomic E-state index is -0.195. The van der Waals surface area contributed by atoms with Crippen molar-refractivity contribution in [2.24, 2.45) is 0 Å². The quantitative estimate of drug-likeness (QED) is 0.415. The number of hydrogen-bond donors (Lipinski definition) is 1. The summed E-state index contributed by atoms with van der Waals surface area (Å²) >= 11 is 0. The molecule has 30 heavy (non-hydrogen) atoms. The Labute approximate surface area is 175 Å². The van der Waals surface area contributed by atoms with Gasteiger partial charge in [-0.3, -0.25) is 9.78 Å². The number of amides is 1. The first-order valence-electron chi connectivity index (χ1n) is 9.96. The standard InChI is InChI=1S/C25H24N2O3/c1-5-29-24-17(4)25-21(16(3)14-30-25)13-20(24)15(2)11-23(28)27-19-8-9-22-18(12-19)7-6-10-26-22/h6-14H,5H2,1-4H3,(H,27,28)/b15-11+. The highest BCUT2D eigenvalue weighted by Crippen LogP contribution is 2.37. The number of nitrogens with one attached hydrogen (secondary N) is 1. The number of carbonyl (C=O) groups is 1. The van der Waals surface area contributed by atoms with Crippen LogP contribution in [0.5, 0.6) is 5.75 Å². The van der Waals surface area contributed by atoms with Crippen molar-refractivity contribution >= 4 is 39.0 Å². The molecule has 0 saturated heterocycles. The first kappa shape index (κ1) is 19.7. The highest BCUT2D eigenvalue weighted by molar-refractivity contribution is 6.05. The zero-order valence-corrected chi connectivity index (χ0v) is 17.6. The molecule has 2 aromatic heterocycles. The molecule has 0 aliphatic heterocycles. The van der Waals surface area contributed by atoms with Gasteiger partial charge in [0, 0.05) is 39.9 Å². The minimum Gasteiger partial charge on any atom is -0.493 e. The molecular weight excluding hydrogens is 376 g/mol. The SMILES string of the molecule is CCOc1c(/C(C)=C/C(=O)Nc2ccc3ncccc3c2)cc2c(C)coc2c1C. The molecule has 152 valence electrons. The summed E-state index contributed by atoms with van der Waals surface area (Å²) in [4.78, 5) is 17.0. The number of rotatable bonds is 5. The van der Waals surface area contributed by atoms with Gasteiger partial charge in [-0.15, -0.1) is 0 Å². The van der Waals surface area contributed by atoms with Crippen LogP contribution >= 0.6 is 0 Å². The lowest BCUT2D eigenvalue weighted by molar-refractivity contribution is -0.111. The first-order valence-corrected chi connectivity index (χ1v) is 9.96. The van der Waals surface area contributed by atoms with E-state index in [1.54, 1.807) is 18.5 Å². The number of nitrogens with zero attached hydrogens (tertiary/aromatic N) is 1. The predicted octanol–water partition coefficient (Wildman–Crippen LogP) is 6.04. The van der Waals surface area contributed by atoms with E-state index in [0.29, 0.717) is 6.61 Å². The lowest BCUT2D eigenvalue weighted by atomic mass is 9.98. The molecule has 2 heterocycles. The van der Waals surface area contributed by atoms with Crippen LogP contribution in [0.1, 0.15) is 30.5 Å². The Morgan fingerprint density at radius 1 is 1.23 bits per heavy atom. The number of furan rings is 1. The summed E-state index contributed by atoms with van der Waals surface area (Å²) in [6.07, 6.45) is 5.10. The van der Waals surface area contributed by atoms with E-state index in [1.165, 1.54) is 0 Å². The largest absolute Gasteiger partial charge is 0.493 e. The number of hydrogen-bond acceptors (Lipinski definition) is 4. The van der Waals surface area contributed by atoms with Crippen LogP contribution in [0.15, 0.2) is 59.4 Å². The Hall–Kier alpha value is -3.60. The molecule has 0 spiro atoms. The highest BCUT2D eigenvalue weighted by Gasteiger charge is 2.17. The van der Waals surface area contributed by atoms with Crippen molar-refractivity contribution in [3.8, 4) is 5.75 Å². The van der Waals surface area contributed by atoms with Crippen molar-refractivity contribution in [3.63, 3.8) is 0 Å². The normalized spacial score (nSPS) is 11.8. The number of anilines is 1. The summed E-state index contributed by atoms with van der Waals surface area (Å²) in [6, 6.07) is 11.6. The maximum absolute atomic E-state index is 12.7. The summed E-state index contributed by atoms with van der Waals surface area (Å²) in [6.45, 7) is 8.39. The zero-order valence-electron chi connectivity index (χ0n) is 17.6. The number of benzene rings is 2. The number of carbonyl (C=O) groups excluding carboxylic acids is 1. The fourth-order valence-electron chi connectivity index (χ4n) is 3.67. The molecule has 2 aromatic carbocycles. The van der Waals surface area contributed by atoms with Crippen molar-refractivity contribution in [3.05, 3.63) is 71.6 Å². The average Bonchev–Trinajstić information content (AvgIpc) is 3.10. The molecule has 4 rings (SSSR count). The van der Waals surface area contributed by atoms with Gasteiger partial charge in [0.15, 0.2) is 0 Å². The molecule has 1 N–H and O–H groups in total. The van der Waals surface area contributed by atoms with Crippen LogP contribution < -0.4 is 10.1 Å². The van der Waals surface area contributed by atoms with E-state index in [4.69, 9.17) is 9.15 Å². The fourth-order valence-corrected chi connectivity index (χ4v) is 3.67. The lowest BCUT2D eigenvalue weighted by Crippen LogP contribution is -2.09. The molecule has 0 fully saturated rings. The monoisotopic (exact) mass is 400 g/mol. The van der Waals surface area contributed by atoms with Crippen LogP contribution in [0.25, 0.3) is 27.4 Å². The lowest BCUT2D eigenvalue weighted by Gasteiger charge is -2.14. The Bertz CT molecular complexity index is 1280. The zero-order chi connectivity index (χ0) is 21.3. The van der Waals surface area contributed by atoms with E-state index in [1.807, 2.05) is 64.1 Å². The maximum atomic E-state index is 12.7. The Kier molecular flexibility index (Phi) is 5.27. The van der Waals surface area contributed by atoms with Gasteiger partial charge in [0.25, 0.3) is 0 Å². The van der Waals surface area contributed by atoms with Crippen molar-refractivity contribution < 1.29 is 13.9 Å². The number of aromatic nitrogens is 1. The van der Waals surface area contributed by atoms with Crippen molar-refractivity contribution in [2.45, 2.75) is 27.7 Å². The molecule has 1 amide bonds. The summed E-state index contributed by atoms with van der Waals surface area (Å²) in [5, 5.41) is 4.95. The molecule has 0 aliphatic rings. The van der Waals surface area contributed by atoms with Gasteiger partial charge in [-0.05, 0) is 69.2 Å². The van der Waals surface area contributed by atoms with Crippen LogP contribution in [-0.4, -0.2) is 17.5 Å². The minimum absolute atomic E-state index is 0.195. The number of ether oxygens (including phenoxy) is 1. The Morgan fingerprint density at radius 3 is 2.87 bits per heavy atom. The van der Waals surface area contributed by atoms with E-state index < -0.39 is 0 Å². The molecule has 0 atom stereocenters. The molecular formula is C25H24N2O3. The smallest absolute Gasteiger partial charge is 0.248 e. The summed E-state index contributed by atoms with van der Waals surface area (Å²) < 4.78 is 11.6. The second-order valence-corrected chi connectivity index (χ2v) is 7.33. The van der Waals surface area contributed by atoms with E-state index in [-0.39, 0.29) is 5.91 Å². The summed E-state index contributed by atoms with van der Waals surface area (Å²) in [7, 11) is 0. The number of pyridine rings is 1. The van der Waals surface area contributed by atoms with Gasteiger partial charge in [0.05, 0.1) is 18.4 Å². The van der Waals surface area contributed by atoms with E-state index >= 15 is 0 Å². The third-order valence-corrected chi connectivity index (χ3v) is 5.17. The first-order chi connectivity index (χ1) is 14.5. The molecule has 0 radical (unpaired) electrons. The van der Waals surface area contributed by atoms with Gasteiger partial charge < -0.3 is 14.5 Å². The van der Waals surface area contributed by atoms with Gasteiger partial charge in [-0.1, -0.05) is 6.07 Å². The molecule has 0 saturated carbocycles. The summed E-state index contributed by atoms with van der Waals surface area (Å²) in [5.74, 6) is 0.553. The molecule has 0 unspecified atom stereocenters. The van der Waals surface area contributed by atoms with Crippen molar-refractivity contribution in [2.75, 3.05) is 11.9 Å². The van der Waals surface area contributed by atoms with E-state index in [0.717, 1.165) is 55.6 Å². The third-order valence-electron chi connectivity index (χ3n) is 5.17. The maximum Gasteiger partial charge on any atom is 0.248 e. The van der Waals surface area contributed by atoms with Crippen molar-refractivity contribution in [1.82, 2.24) is 4.98 Å². The van der Waals surface area contributed by atoms with Gasteiger partial charge in [0.2, 0.25) is 5.91 Å². The summed E-state index contributed by atoms with van der Waals surface area (Å²) in [5.41, 5.74) is 6.15. The van der Waals surface area contributed by atoms with Crippen LogP contribution in [0.4, 0.5) is 5.69 Å². The average molecular weight is 400 g/mol.